The molecule has 0 bridgehead atoms. The van der Waals surface area contributed by atoms with Crippen molar-refractivity contribution in [3.63, 3.8) is 0 Å². The molecule has 2 unspecified atom stereocenters. The molecule has 3 rings (SSSR count). The molecule has 2 atom stereocenters. The molecule has 2 fully saturated rings. The highest BCUT2D eigenvalue weighted by atomic mass is 16.1. The van der Waals surface area contributed by atoms with Crippen LogP contribution < -0.4 is 0 Å². The monoisotopic (exact) mass is 257 g/mol. The quantitative estimate of drug-likeness (QED) is 0.827. The first-order valence-corrected chi connectivity index (χ1v) is 7.65. The van der Waals surface area contributed by atoms with Gasteiger partial charge in [0.15, 0.2) is 0 Å². The van der Waals surface area contributed by atoms with Crippen LogP contribution in [0.15, 0.2) is 30.3 Å². The van der Waals surface area contributed by atoms with Crippen LogP contribution in [-0.4, -0.2) is 23.3 Å². The summed E-state index contributed by atoms with van der Waals surface area (Å²) in [6.07, 6.45) is 6.83. The topological polar surface area (TPSA) is 20.3 Å². The van der Waals surface area contributed by atoms with E-state index in [1.165, 1.54) is 24.8 Å². The van der Waals surface area contributed by atoms with Crippen LogP contribution in [0.4, 0.5) is 0 Å². The van der Waals surface area contributed by atoms with Gasteiger partial charge >= 0.3 is 0 Å². The number of ketones is 1. The van der Waals surface area contributed by atoms with Crippen LogP contribution >= 0.6 is 0 Å². The lowest BCUT2D eigenvalue weighted by molar-refractivity contribution is -0.123. The maximum atomic E-state index is 12.0. The van der Waals surface area contributed by atoms with Crippen molar-refractivity contribution in [1.29, 1.82) is 0 Å². The highest BCUT2D eigenvalue weighted by Gasteiger charge is 2.36. The number of benzene rings is 1. The van der Waals surface area contributed by atoms with Crippen LogP contribution in [0.25, 0.3) is 0 Å². The van der Waals surface area contributed by atoms with Crippen molar-refractivity contribution in [3.8, 4) is 0 Å². The van der Waals surface area contributed by atoms with E-state index in [1.807, 2.05) is 0 Å². The number of hydrogen-bond donors (Lipinski definition) is 0. The van der Waals surface area contributed by atoms with Crippen LogP contribution in [0.1, 0.15) is 44.1 Å². The molecule has 2 heteroatoms. The Morgan fingerprint density at radius 1 is 1.05 bits per heavy atom. The minimum absolute atomic E-state index is 0.323. The molecule has 1 heterocycles. The molecule has 0 spiro atoms. The van der Waals surface area contributed by atoms with Crippen molar-refractivity contribution in [3.05, 3.63) is 35.9 Å². The van der Waals surface area contributed by atoms with E-state index in [4.69, 9.17) is 0 Å². The molecule has 2 nitrogen and oxygen atoms in total. The van der Waals surface area contributed by atoms with Gasteiger partial charge in [0.2, 0.25) is 0 Å². The Bertz CT molecular complexity index is 428. The summed E-state index contributed by atoms with van der Waals surface area (Å²) in [5, 5.41) is 0. The molecule has 102 valence electrons. The molecule has 0 amide bonds. The molecule has 0 N–H and O–H groups in total. The largest absolute Gasteiger partial charge is 0.299 e. The van der Waals surface area contributed by atoms with Gasteiger partial charge in [0, 0.05) is 24.9 Å². The summed E-state index contributed by atoms with van der Waals surface area (Å²) in [4.78, 5) is 14.6. The second-order valence-electron chi connectivity index (χ2n) is 5.98. The van der Waals surface area contributed by atoms with Gasteiger partial charge in [-0.2, -0.15) is 0 Å². The predicted molar refractivity (Wildman–Crippen MR) is 76.8 cm³/mol. The molecule has 1 aromatic carbocycles. The lowest BCUT2D eigenvalue weighted by Gasteiger charge is -2.38. The van der Waals surface area contributed by atoms with Gasteiger partial charge in [-0.05, 0) is 37.8 Å². The zero-order chi connectivity index (χ0) is 13.1. The Balaban J connectivity index is 1.72. The number of rotatable bonds is 3. The van der Waals surface area contributed by atoms with E-state index >= 15 is 0 Å². The fraction of sp³-hybridized carbons (Fsp3) is 0.588. The highest BCUT2D eigenvalue weighted by Crippen LogP contribution is 2.33. The average molecular weight is 257 g/mol. The lowest BCUT2D eigenvalue weighted by atomic mass is 9.88. The van der Waals surface area contributed by atoms with E-state index in [0.29, 0.717) is 17.7 Å². The molecular formula is C17H23NO. The van der Waals surface area contributed by atoms with Crippen LogP contribution in [0, 0.1) is 5.92 Å². The third-order valence-corrected chi connectivity index (χ3v) is 4.71. The first-order chi connectivity index (χ1) is 9.34. The fourth-order valence-corrected chi connectivity index (χ4v) is 3.74. The molecule has 2 aliphatic rings. The molecule has 0 radical (unpaired) electrons. The third-order valence-electron chi connectivity index (χ3n) is 4.71. The third kappa shape index (κ3) is 2.89. The van der Waals surface area contributed by atoms with E-state index < -0.39 is 0 Å². The van der Waals surface area contributed by atoms with Gasteiger partial charge in [-0.1, -0.05) is 36.8 Å². The number of Topliss-reactive ketones (excluding diaryl/α,β-unsaturated/α-hetero) is 1. The van der Waals surface area contributed by atoms with Gasteiger partial charge in [-0.25, -0.2) is 0 Å². The summed E-state index contributed by atoms with van der Waals surface area (Å²) in [6.45, 7) is 2.17. The van der Waals surface area contributed by atoms with E-state index in [9.17, 15) is 4.79 Å². The Morgan fingerprint density at radius 2 is 1.89 bits per heavy atom. The molecule has 1 aliphatic heterocycles. The normalized spacial score (nSPS) is 28.7. The van der Waals surface area contributed by atoms with Gasteiger partial charge in [0.1, 0.15) is 5.78 Å². The van der Waals surface area contributed by atoms with Crippen LogP contribution in [0.2, 0.25) is 0 Å². The molecule has 1 aliphatic carbocycles. The number of carbonyl (C=O) groups excluding carboxylic acids is 1. The molecule has 1 saturated carbocycles. The van der Waals surface area contributed by atoms with Gasteiger partial charge < -0.3 is 0 Å². The van der Waals surface area contributed by atoms with Gasteiger partial charge in [-0.15, -0.1) is 0 Å². The minimum Gasteiger partial charge on any atom is -0.299 e. The summed E-state index contributed by atoms with van der Waals surface area (Å²) in [5.74, 6) is 0.842. The molecule has 1 aromatic rings. The van der Waals surface area contributed by atoms with Crippen molar-refractivity contribution < 1.29 is 4.79 Å². The van der Waals surface area contributed by atoms with Crippen molar-refractivity contribution in [2.45, 2.75) is 51.1 Å². The molecule has 1 saturated heterocycles. The van der Waals surface area contributed by atoms with E-state index in [-0.39, 0.29) is 0 Å². The van der Waals surface area contributed by atoms with Gasteiger partial charge in [0.05, 0.1) is 0 Å². The maximum absolute atomic E-state index is 12.0. The first kappa shape index (κ1) is 12.9. The van der Waals surface area contributed by atoms with Crippen molar-refractivity contribution >= 4 is 5.78 Å². The smallest absolute Gasteiger partial charge is 0.137 e. The maximum Gasteiger partial charge on any atom is 0.137 e. The summed E-state index contributed by atoms with van der Waals surface area (Å²) < 4.78 is 0. The number of hydrogen-bond acceptors (Lipinski definition) is 2. The van der Waals surface area contributed by atoms with Crippen molar-refractivity contribution in [1.82, 2.24) is 4.90 Å². The highest BCUT2D eigenvalue weighted by molar-refractivity contribution is 5.83. The summed E-state index contributed by atoms with van der Waals surface area (Å²) in [7, 11) is 0. The van der Waals surface area contributed by atoms with Gasteiger partial charge in [0.25, 0.3) is 0 Å². The standard InChI is InChI=1S/C17H23NO/c19-17-11-6-9-15(17)16-10-4-5-12-18(16)13-14-7-2-1-3-8-14/h1-3,7-8,15-16H,4-6,9-13H2. The Kier molecular flexibility index (Phi) is 3.97. The molecule has 19 heavy (non-hydrogen) atoms. The Labute approximate surface area is 115 Å². The SMILES string of the molecule is O=C1CCCC1C1CCCCN1Cc1ccccc1. The Morgan fingerprint density at radius 3 is 2.63 bits per heavy atom. The number of nitrogens with zero attached hydrogens (tertiary/aromatic N) is 1. The fourth-order valence-electron chi connectivity index (χ4n) is 3.74. The van der Waals surface area contributed by atoms with E-state index in [2.05, 4.69) is 35.2 Å². The van der Waals surface area contributed by atoms with Crippen LogP contribution in [0.3, 0.4) is 0 Å². The average Bonchev–Trinajstić information content (AvgIpc) is 2.87. The first-order valence-electron chi connectivity index (χ1n) is 7.65. The number of carbonyl (C=O) groups is 1. The summed E-state index contributed by atoms with van der Waals surface area (Å²) in [6, 6.07) is 11.2. The second-order valence-corrected chi connectivity index (χ2v) is 5.98. The van der Waals surface area contributed by atoms with Gasteiger partial charge in [-0.3, -0.25) is 9.69 Å². The lowest BCUT2D eigenvalue weighted by Crippen LogP contribution is -2.44. The van der Waals surface area contributed by atoms with Crippen molar-refractivity contribution in [2.24, 2.45) is 5.92 Å². The molecular weight excluding hydrogens is 234 g/mol. The van der Waals surface area contributed by atoms with E-state index in [1.54, 1.807) is 0 Å². The van der Waals surface area contributed by atoms with Crippen LogP contribution in [0.5, 0.6) is 0 Å². The molecule has 0 aromatic heterocycles. The zero-order valence-electron chi connectivity index (χ0n) is 11.6. The predicted octanol–water partition coefficient (Wildman–Crippen LogP) is 3.41. The second kappa shape index (κ2) is 5.87. The summed E-state index contributed by atoms with van der Waals surface area (Å²) >= 11 is 0. The summed E-state index contributed by atoms with van der Waals surface area (Å²) in [5.41, 5.74) is 1.37. The van der Waals surface area contributed by atoms with Crippen molar-refractivity contribution in [2.75, 3.05) is 6.54 Å². The zero-order valence-corrected chi connectivity index (χ0v) is 11.6. The number of piperidine rings is 1. The van der Waals surface area contributed by atoms with E-state index in [0.717, 1.165) is 32.4 Å². The number of likely N-dealkylation sites (tertiary alicyclic amines) is 1. The minimum atomic E-state index is 0.323. The van der Waals surface area contributed by atoms with Crippen LogP contribution in [-0.2, 0) is 11.3 Å². The Hall–Kier alpha value is -1.15.